The average molecular weight is 275 g/mol. The molecule has 20 heavy (non-hydrogen) atoms. The first-order valence-electron chi connectivity index (χ1n) is 7.03. The first-order valence-corrected chi connectivity index (χ1v) is 7.03. The minimum Gasteiger partial charge on any atom is -0.421 e. The second-order valence-corrected chi connectivity index (χ2v) is 4.49. The van der Waals surface area contributed by atoms with E-state index in [0.29, 0.717) is 25.0 Å². The highest BCUT2D eigenvalue weighted by atomic mass is 16.5. The first-order chi connectivity index (χ1) is 9.85. The van der Waals surface area contributed by atoms with Gasteiger partial charge in [0.1, 0.15) is 12.6 Å². The van der Waals surface area contributed by atoms with Crippen LogP contribution in [0.3, 0.4) is 0 Å². The largest absolute Gasteiger partial charge is 0.421 e. The Kier molecular flexibility index (Phi) is 5.70. The smallest absolute Gasteiger partial charge is 0.242 e. The van der Waals surface area contributed by atoms with Gasteiger partial charge in [-0.3, -0.25) is 0 Å². The van der Waals surface area contributed by atoms with Gasteiger partial charge in [0.25, 0.3) is 0 Å². The molecule has 0 radical (unpaired) electrons. The molecule has 5 nitrogen and oxygen atoms in total. The lowest BCUT2D eigenvalue weighted by molar-refractivity contribution is 0.102. The van der Waals surface area contributed by atoms with E-state index in [2.05, 4.69) is 29.4 Å². The topological polar surface area (TPSA) is 60.2 Å². The Bertz CT molecular complexity index is 499. The fourth-order valence-electron chi connectivity index (χ4n) is 1.94. The van der Waals surface area contributed by atoms with Crippen LogP contribution in [0.25, 0.3) is 0 Å². The molecule has 1 unspecified atom stereocenters. The van der Waals surface area contributed by atoms with Crippen molar-refractivity contribution in [1.82, 2.24) is 15.5 Å². The van der Waals surface area contributed by atoms with Crippen molar-refractivity contribution in [3.63, 3.8) is 0 Å². The summed E-state index contributed by atoms with van der Waals surface area (Å²) in [6, 6.07) is 10.0. The second kappa shape index (κ2) is 7.77. The molecule has 1 N–H and O–H groups in total. The van der Waals surface area contributed by atoms with E-state index in [4.69, 9.17) is 9.15 Å². The first kappa shape index (κ1) is 14.7. The Morgan fingerprint density at radius 1 is 1.20 bits per heavy atom. The Morgan fingerprint density at radius 3 is 2.70 bits per heavy atom. The lowest BCUT2D eigenvalue weighted by Crippen LogP contribution is -2.22. The molecule has 0 aliphatic rings. The predicted octanol–water partition coefficient (Wildman–Crippen LogP) is 2.70. The fraction of sp³-hybridized carbons (Fsp3) is 0.467. The SMILES string of the molecule is CCCOCc1nnc(C(NCC)c2ccccc2)o1. The van der Waals surface area contributed by atoms with Crippen molar-refractivity contribution in [3.05, 3.63) is 47.7 Å². The van der Waals surface area contributed by atoms with Gasteiger partial charge in [0.15, 0.2) is 0 Å². The zero-order valence-electron chi connectivity index (χ0n) is 12.0. The van der Waals surface area contributed by atoms with Crippen molar-refractivity contribution >= 4 is 0 Å². The maximum atomic E-state index is 5.69. The van der Waals surface area contributed by atoms with Crippen molar-refractivity contribution in [2.75, 3.05) is 13.2 Å². The number of hydrogen-bond donors (Lipinski definition) is 1. The van der Waals surface area contributed by atoms with E-state index in [1.165, 1.54) is 0 Å². The third kappa shape index (κ3) is 3.88. The van der Waals surface area contributed by atoms with E-state index in [-0.39, 0.29) is 6.04 Å². The van der Waals surface area contributed by atoms with Crippen molar-refractivity contribution in [1.29, 1.82) is 0 Å². The van der Waals surface area contributed by atoms with E-state index >= 15 is 0 Å². The van der Waals surface area contributed by atoms with E-state index in [1.54, 1.807) is 0 Å². The predicted molar refractivity (Wildman–Crippen MR) is 76.2 cm³/mol. The molecule has 0 fully saturated rings. The standard InChI is InChI=1S/C15H21N3O2/c1-3-10-19-11-13-17-18-15(20-13)14(16-4-2)12-8-6-5-7-9-12/h5-9,14,16H,3-4,10-11H2,1-2H3. The molecule has 1 aromatic heterocycles. The molecule has 1 heterocycles. The van der Waals surface area contributed by atoms with Gasteiger partial charge in [-0.2, -0.15) is 0 Å². The van der Waals surface area contributed by atoms with E-state index in [0.717, 1.165) is 18.5 Å². The fourth-order valence-corrected chi connectivity index (χ4v) is 1.94. The van der Waals surface area contributed by atoms with Gasteiger partial charge >= 0.3 is 0 Å². The molecule has 0 bridgehead atoms. The van der Waals surface area contributed by atoms with Gasteiger partial charge in [-0.05, 0) is 18.5 Å². The monoisotopic (exact) mass is 275 g/mol. The molecule has 108 valence electrons. The van der Waals surface area contributed by atoms with Gasteiger partial charge in [-0.25, -0.2) is 0 Å². The van der Waals surface area contributed by atoms with Crippen molar-refractivity contribution in [2.24, 2.45) is 0 Å². The summed E-state index contributed by atoms with van der Waals surface area (Å²) in [5.41, 5.74) is 1.11. The van der Waals surface area contributed by atoms with E-state index in [9.17, 15) is 0 Å². The number of hydrogen-bond acceptors (Lipinski definition) is 5. The number of aromatic nitrogens is 2. The molecule has 5 heteroatoms. The number of rotatable bonds is 8. The van der Waals surface area contributed by atoms with Crippen LogP contribution in [0.15, 0.2) is 34.7 Å². The van der Waals surface area contributed by atoms with Crippen LogP contribution in [0.2, 0.25) is 0 Å². The molecule has 0 aliphatic carbocycles. The highest BCUT2D eigenvalue weighted by Crippen LogP contribution is 2.20. The quantitative estimate of drug-likeness (QED) is 0.751. The normalized spacial score (nSPS) is 12.5. The van der Waals surface area contributed by atoms with Crippen LogP contribution in [-0.2, 0) is 11.3 Å². The van der Waals surface area contributed by atoms with Gasteiger partial charge in [-0.1, -0.05) is 44.2 Å². The second-order valence-electron chi connectivity index (χ2n) is 4.49. The molecule has 0 saturated heterocycles. The summed E-state index contributed by atoms with van der Waals surface area (Å²) >= 11 is 0. The third-order valence-electron chi connectivity index (χ3n) is 2.84. The molecule has 0 spiro atoms. The van der Waals surface area contributed by atoms with Crippen molar-refractivity contribution in [3.8, 4) is 0 Å². The van der Waals surface area contributed by atoms with Crippen LogP contribution in [-0.4, -0.2) is 23.3 Å². The zero-order chi connectivity index (χ0) is 14.2. The summed E-state index contributed by atoms with van der Waals surface area (Å²) in [6.45, 7) is 6.01. The summed E-state index contributed by atoms with van der Waals surface area (Å²) in [5.74, 6) is 1.10. The highest BCUT2D eigenvalue weighted by molar-refractivity contribution is 5.23. The van der Waals surface area contributed by atoms with Gasteiger partial charge in [0.2, 0.25) is 11.8 Å². The lowest BCUT2D eigenvalue weighted by atomic mass is 10.1. The minimum atomic E-state index is -0.0753. The van der Waals surface area contributed by atoms with Gasteiger partial charge < -0.3 is 14.5 Å². The van der Waals surface area contributed by atoms with Crippen LogP contribution in [0.4, 0.5) is 0 Å². The van der Waals surface area contributed by atoms with E-state index in [1.807, 2.05) is 30.3 Å². The molecule has 0 aliphatic heterocycles. The Balaban J connectivity index is 2.10. The maximum absolute atomic E-state index is 5.69. The molecule has 1 atom stereocenters. The molecule has 2 aromatic rings. The van der Waals surface area contributed by atoms with Crippen molar-refractivity contribution in [2.45, 2.75) is 32.9 Å². The molecule has 1 aromatic carbocycles. The maximum Gasteiger partial charge on any atom is 0.242 e. The number of benzene rings is 1. The summed E-state index contributed by atoms with van der Waals surface area (Å²) in [5, 5.41) is 11.5. The third-order valence-corrected chi connectivity index (χ3v) is 2.84. The van der Waals surface area contributed by atoms with Crippen LogP contribution < -0.4 is 5.32 Å². The summed E-state index contributed by atoms with van der Waals surface area (Å²) in [4.78, 5) is 0. The lowest BCUT2D eigenvalue weighted by Gasteiger charge is -2.13. The number of nitrogens with zero attached hydrogens (tertiary/aromatic N) is 2. The highest BCUT2D eigenvalue weighted by Gasteiger charge is 2.19. The van der Waals surface area contributed by atoms with Gasteiger partial charge in [0.05, 0.1) is 0 Å². The number of ether oxygens (including phenoxy) is 1. The van der Waals surface area contributed by atoms with Crippen molar-refractivity contribution < 1.29 is 9.15 Å². The molecule has 0 amide bonds. The Labute approximate surface area is 119 Å². The van der Waals surface area contributed by atoms with Gasteiger partial charge in [-0.15, -0.1) is 10.2 Å². The summed E-state index contributed by atoms with van der Waals surface area (Å²) < 4.78 is 11.1. The Morgan fingerprint density at radius 2 is 2.00 bits per heavy atom. The molecular weight excluding hydrogens is 254 g/mol. The molecule has 0 saturated carbocycles. The molecular formula is C15H21N3O2. The van der Waals surface area contributed by atoms with Crippen LogP contribution in [0.1, 0.15) is 43.7 Å². The minimum absolute atomic E-state index is 0.0753. The van der Waals surface area contributed by atoms with Crippen LogP contribution in [0, 0.1) is 0 Å². The van der Waals surface area contributed by atoms with Crippen LogP contribution >= 0.6 is 0 Å². The summed E-state index contributed by atoms with van der Waals surface area (Å²) in [7, 11) is 0. The van der Waals surface area contributed by atoms with E-state index < -0.39 is 0 Å². The van der Waals surface area contributed by atoms with Gasteiger partial charge in [0, 0.05) is 6.61 Å². The average Bonchev–Trinajstić information content (AvgIpc) is 2.94. The van der Waals surface area contributed by atoms with Crippen LogP contribution in [0.5, 0.6) is 0 Å². The molecule has 2 rings (SSSR count). The number of nitrogens with one attached hydrogen (secondary N) is 1. The Hall–Kier alpha value is -1.72. The summed E-state index contributed by atoms with van der Waals surface area (Å²) in [6.07, 6.45) is 0.977. The zero-order valence-corrected chi connectivity index (χ0v) is 12.0.